The number of alkyl halides is 1. The van der Waals surface area contributed by atoms with E-state index in [1.807, 2.05) is 0 Å². The number of hydrogen-bond acceptors (Lipinski definition) is 2. The van der Waals surface area contributed by atoms with Crippen LogP contribution in [-0.2, 0) is 12.8 Å². The van der Waals surface area contributed by atoms with Crippen LogP contribution in [0.2, 0.25) is 0 Å². The van der Waals surface area contributed by atoms with Crippen molar-refractivity contribution in [3.05, 3.63) is 23.3 Å². The summed E-state index contributed by atoms with van der Waals surface area (Å²) in [7, 11) is 0. The van der Waals surface area contributed by atoms with Gasteiger partial charge in [-0.1, -0.05) is 43.1 Å². The summed E-state index contributed by atoms with van der Waals surface area (Å²) in [4.78, 5) is 9.61. The van der Waals surface area contributed by atoms with Crippen LogP contribution in [0.1, 0.15) is 62.9 Å². The molecule has 1 heterocycles. The fourth-order valence-corrected chi connectivity index (χ4v) is 3.93. The van der Waals surface area contributed by atoms with E-state index in [4.69, 9.17) is 0 Å². The van der Waals surface area contributed by atoms with Gasteiger partial charge in [-0.2, -0.15) is 0 Å². The second kappa shape index (κ2) is 6.14. The second-order valence-electron chi connectivity index (χ2n) is 5.69. The van der Waals surface area contributed by atoms with Gasteiger partial charge in [0.25, 0.3) is 0 Å². The van der Waals surface area contributed by atoms with Gasteiger partial charge in [-0.3, -0.25) is 0 Å². The van der Waals surface area contributed by atoms with Crippen molar-refractivity contribution in [3.8, 4) is 0 Å². The molecule has 2 nitrogen and oxygen atoms in total. The van der Waals surface area contributed by atoms with Gasteiger partial charge in [0.2, 0.25) is 0 Å². The van der Waals surface area contributed by atoms with Gasteiger partial charge in [-0.05, 0) is 37.2 Å². The molecular formula is C15H23BrN2. The first kappa shape index (κ1) is 14.0. The van der Waals surface area contributed by atoms with E-state index in [-0.39, 0.29) is 0 Å². The zero-order valence-electron chi connectivity index (χ0n) is 11.6. The zero-order valence-corrected chi connectivity index (χ0v) is 13.2. The molecule has 0 aromatic carbocycles. The Balaban J connectivity index is 2.43. The first-order valence-corrected chi connectivity index (χ1v) is 7.99. The van der Waals surface area contributed by atoms with Crippen molar-refractivity contribution < 1.29 is 0 Å². The molecule has 2 rings (SSSR count). The monoisotopic (exact) mass is 310 g/mol. The molecule has 0 spiro atoms. The standard InChI is InChI=1S/C15H23BrN2/c1-10(2)14(11(3)16)15-12-7-5-4-6-8-13(12)17-9-18-15/h9-11,14H,4-8H2,1-3H3. The third-order valence-electron chi connectivity index (χ3n) is 3.94. The maximum atomic E-state index is 4.64. The van der Waals surface area contributed by atoms with Crippen LogP contribution in [0.25, 0.3) is 0 Å². The van der Waals surface area contributed by atoms with Crippen LogP contribution in [0.5, 0.6) is 0 Å². The molecule has 0 amide bonds. The molecular weight excluding hydrogens is 288 g/mol. The Labute approximate surface area is 119 Å². The molecule has 1 aliphatic rings. The van der Waals surface area contributed by atoms with Crippen LogP contribution < -0.4 is 0 Å². The maximum Gasteiger partial charge on any atom is 0.115 e. The smallest absolute Gasteiger partial charge is 0.115 e. The highest BCUT2D eigenvalue weighted by molar-refractivity contribution is 9.09. The normalized spacial score (nSPS) is 19.2. The minimum absolute atomic E-state index is 0.458. The van der Waals surface area contributed by atoms with Gasteiger partial charge in [-0.15, -0.1) is 0 Å². The third kappa shape index (κ3) is 2.93. The van der Waals surface area contributed by atoms with Gasteiger partial charge in [0.15, 0.2) is 0 Å². The fraction of sp³-hybridized carbons (Fsp3) is 0.733. The lowest BCUT2D eigenvalue weighted by atomic mass is 9.86. The van der Waals surface area contributed by atoms with Crippen molar-refractivity contribution >= 4 is 15.9 Å². The summed E-state index contributed by atoms with van der Waals surface area (Å²) >= 11 is 3.77. The molecule has 0 saturated carbocycles. The van der Waals surface area contributed by atoms with Gasteiger partial charge in [0, 0.05) is 16.4 Å². The maximum absolute atomic E-state index is 4.64. The van der Waals surface area contributed by atoms with E-state index >= 15 is 0 Å². The molecule has 0 saturated heterocycles. The summed E-state index contributed by atoms with van der Waals surface area (Å²) in [6, 6.07) is 0. The fourth-order valence-electron chi connectivity index (χ4n) is 3.07. The molecule has 2 atom stereocenters. The lowest BCUT2D eigenvalue weighted by Gasteiger charge is -2.25. The Bertz CT molecular complexity index is 393. The van der Waals surface area contributed by atoms with Crippen molar-refractivity contribution in [1.29, 1.82) is 0 Å². The molecule has 0 aliphatic heterocycles. The van der Waals surface area contributed by atoms with E-state index in [9.17, 15) is 0 Å². The first-order valence-electron chi connectivity index (χ1n) is 7.08. The topological polar surface area (TPSA) is 25.8 Å². The van der Waals surface area contributed by atoms with Crippen LogP contribution in [0.15, 0.2) is 6.33 Å². The number of hydrogen-bond donors (Lipinski definition) is 0. The summed E-state index contributed by atoms with van der Waals surface area (Å²) in [5.41, 5.74) is 4.04. The summed E-state index contributed by atoms with van der Waals surface area (Å²) in [6.45, 7) is 6.80. The highest BCUT2D eigenvalue weighted by atomic mass is 79.9. The summed E-state index contributed by atoms with van der Waals surface area (Å²) in [5.74, 6) is 1.08. The molecule has 0 N–H and O–H groups in total. The Kier molecular flexibility index (Phi) is 4.77. The minimum Gasteiger partial charge on any atom is -0.241 e. The van der Waals surface area contributed by atoms with Gasteiger partial charge in [0.1, 0.15) is 6.33 Å². The van der Waals surface area contributed by atoms with Crippen molar-refractivity contribution in [1.82, 2.24) is 9.97 Å². The predicted octanol–water partition coefficient (Wildman–Crippen LogP) is 4.27. The molecule has 100 valence electrons. The van der Waals surface area contributed by atoms with Gasteiger partial charge >= 0.3 is 0 Å². The summed E-state index contributed by atoms with van der Waals surface area (Å²) < 4.78 is 0. The minimum atomic E-state index is 0.458. The number of aromatic nitrogens is 2. The Morgan fingerprint density at radius 2 is 1.78 bits per heavy atom. The zero-order chi connectivity index (χ0) is 13.1. The van der Waals surface area contributed by atoms with E-state index < -0.39 is 0 Å². The number of fused-ring (bicyclic) bond motifs is 1. The molecule has 0 radical (unpaired) electrons. The van der Waals surface area contributed by atoms with Crippen LogP contribution in [0.3, 0.4) is 0 Å². The van der Waals surface area contributed by atoms with Crippen LogP contribution in [0.4, 0.5) is 0 Å². The third-order valence-corrected chi connectivity index (χ3v) is 4.51. The molecule has 1 aromatic rings. The summed E-state index contributed by atoms with van der Waals surface area (Å²) in [5, 5.41) is 0. The van der Waals surface area contributed by atoms with E-state index in [1.165, 1.54) is 36.2 Å². The van der Waals surface area contributed by atoms with E-state index in [2.05, 4.69) is 46.7 Å². The Hall–Kier alpha value is -0.440. The largest absolute Gasteiger partial charge is 0.241 e. The molecule has 3 heteroatoms. The van der Waals surface area contributed by atoms with Crippen molar-refractivity contribution in [2.75, 3.05) is 0 Å². The van der Waals surface area contributed by atoms with Crippen molar-refractivity contribution in [2.24, 2.45) is 5.92 Å². The molecule has 18 heavy (non-hydrogen) atoms. The first-order chi connectivity index (χ1) is 8.61. The van der Waals surface area contributed by atoms with Crippen LogP contribution in [-0.4, -0.2) is 14.8 Å². The highest BCUT2D eigenvalue weighted by Gasteiger charge is 2.26. The SMILES string of the molecule is CC(C)C(c1ncnc2c1CCCCC2)C(C)Br. The average Bonchev–Trinajstić information content (AvgIpc) is 2.53. The van der Waals surface area contributed by atoms with Crippen LogP contribution >= 0.6 is 15.9 Å². The van der Waals surface area contributed by atoms with Crippen LogP contribution in [0, 0.1) is 5.92 Å². The summed E-state index contributed by atoms with van der Waals surface area (Å²) in [6.07, 6.45) is 7.95. The van der Waals surface area contributed by atoms with E-state index in [0.29, 0.717) is 16.7 Å². The lowest BCUT2D eigenvalue weighted by molar-refractivity contribution is 0.482. The number of aryl methyl sites for hydroxylation is 1. The molecule has 2 unspecified atom stereocenters. The average molecular weight is 311 g/mol. The quantitative estimate of drug-likeness (QED) is 0.615. The molecule has 1 aromatic heterocycles. The van der Waals surface area contributed by atoms with Crippen molar-refractivity contribution in [2.45, 2.75) is 63.6 Å². The number of nitrogens with zero attached hydrogens (tertiary/aromatic N) is 2. The van der Waals surface area contributed by atoms with E-state index in [0.717, 1.165) is 12.8 Å². The second-order valence-corrected chi connectivity index (χ2v) is 7.14. The Morgan fingerprint density at radius 1 is 1.06 bits per heavy atom. The molecule has 0 fully saturated rings. The van der Waals surface area contributed by atoms with E-state index in [1.54, 1.807) is 6.33 Å². The highest BCUT2D eigenvalue weighted by Crippen LogP contribution is 2.35. The molecule has 0 bridgehead atoms. The van der Waals surface area contributed by atoms with Gasteiger partial charge < -0.3 is 0 Å². The number of rotatable bonds is 3. The molecule has 1 aliphatic carbocycles. The van der Waals surface area contributed by atoms with Crippen molar-refractivity contribution in [3.63, 3.8) is 0 Å². The lowest BCUT2D eigenvalue weighted by Crippen LogP contribution is -2.20. The predicted molar refractivity (Wildman–Crippen MR) is 79.3 cm³/mol. The number of halogens is 1. The van der Waals surface area contributed by atoms with Gasteiger partial charge in [-0.25, -0.2) is 9.97 Å². The Morgan fingerprint density at radius 3 is 2.44 bits per heavy atom. The van der Waals surface area contributed by atoms with Gasteiger partial charge in [0.05, 0.1) is 5.69 Å².